The largest absolute Gasteiger partial charge is 0.348 e. The molecule has 28 heavy (non-hydrogen) atoms. The van der Waals surface area contributed by atoms with E-state index < -0.39 is 0 Å². The summed E-state index contributed by atoms with van der Waals surface area (Å²) in [5.41, 5.74) is 2.45. The Balaban J connectivity index is 1.62. The Morgan fingerprint density at radius 2 is 1.96 bits per heavy atom. The Labute approximate surface area is 174 Å². The molecule has 1 unspecified atom stereocenters. The third-order valence-electron chi connectivity index (χ3n) is 4.64. The minimum Gasteiger partial charge on any atom is -0.348 e. The van der Waals surface area contributed by atoms with Gasteiger partial charge >= 0.3 is 0 Å². The van der Waals surface area contributed by atoms with Crippen molar-refractivity contribution in [2.75, 3.05) is 5.75 Å². The van der Waals surface area contributed by atoms with Crippen LogP contribution in [0, 0.1) is 5.92 Å². The molecule has 0 saturated heterocycles. The van der Waals surface area contributed by atoms with Crippen molar-refractivity contribution in [3.63, 3.8) is 0 Å². The normalized spacial score (nSPS) is 12.3. The van der Waals surface area contributed by atoms with Crippen LogP contribution in [0.1, 0.15) is 37.9 Å². The number of aryl methyl sites for hydroxylation is 1. The molecule has 5 nitrogen and oxygen atoms in total. The van der Waals surface area contributed by atoms with E-state index in [0.717, 1.165) is 27.8 Å². The van der Waals surface area contributed by atoms with Crippen LogP contribution in [0.25, 0.3) is 10.7 Å². The standard InChI is InChI=1S/C21H26N4OS2/c1-5-15-8-10-16(11-9-15)19(14(2)3)22-18(26)13-28-21-24-23-20(25(21)4)17-7-6-12-27-17/h6-12,14,19H,5,13H2,1-4H3,(H,22,26). The summed E-state index contributed by atoms with van der Waals surface area (Å²) in [6.07, 6.45) is 1.01. The summed E-state index contributed by atoms with van der Waals surface area (Å²) in [5.74, 6) is 1.45. The lowest BCUT2D eigenvalue weighted by molar-refractivity contribution is -0.119. The Hall–Kier alpha value is -2.12. The highest BCUT2D eigenvalue weighted by Gasteiger charge is 2.19. The van der Waals surface area contributed by atoms with Crippen LogP contribution in [-0.4, -0.2) is 26.4 Å². The van der Waals surface area contributed by atoms with Crippen LogP contribution >= 0.6 is 23.1 Å². The van der Waals surface area contributed by atoms with Crippen LogP contribution in [-0.2, 0) is 18.3 Å². The molecule has 0 aliphatic carbocycles. The molecule has 0 bridgehead atoms. The van der Waals surface area contributed by atoms with E-state index in [2.05, 4.69) is 60.6 Å². The fourth-order valence-electron chi connectivity index (χ4n) is 3.00. The molecular weight excluding hydrogens is 388 g/mol. The lowest BCUT2D eigenvalue weighted by atomic mass is 9.95. The summed E-state index contributed by atoms with van der Waals surface area (Å²) in [5, 5.41) is 14.4. The lowest BCUT2D eigenvalue weighted by Gasteiger charge is -2.23. The SMILES string of the molecule is CCc1ccc(C(NC(=O)CSc2nnc(-c3cccs3)n2C)C(C)C)cc1. The molecule has 0 fully saturated rings. The first kappa shape index (κ1) is 20.6. The zero-order valence-electron chi connectivity index (χ0n) is 16.7. The Morgan fingerprint density at radius 3 is 2.57 bits per heavy atom. The molecule has 3 aromatic rings. The molecule has 0 aliphatic rings. The van der Waals surface area contributed by atoms with Gasteiger partial charge in [-0.2, -0.15) is 0 Å². The molecular formula is C21H26N4OS2. The van der Waals surface area contributed by atoms with Crippen LogP contribution in [0.4, 0.5) is 0 Å². The first-order valence-electron chi connectivity index (χ1n) is 9.43. The number of nitrogens with one attached hydrogen (secondary N) is 1. The fraction of sp³-hybridized carbons (Fsp3) is 0.381. The predicted molar refractivity (Wildman–Crippen MR) is 117 cm³/mol. The summed E-state index contributed by atoms with van der Waals surface area (Å²) < 4.78 is 1.94. The Morgan fingerprint density at radius 1 is 1.21 bits per heavy atom. The number of nitrogens with zero attached hydrogens (tertiary/aromatic N) is 3. The number of benzene rings is 1. The van der Waals surface area contributed by atoms with Gasteiger partial charge in [-0.05, 0) is 34.9 Å². The van der Waals surface area contributed by atoms with Gasteiger partial charge in [-0.25, -0.2) is 0 Å². The third-order valence-corrected chi connectivity index (χ3v) is 6.53. The van der Waals surface area contributed by atoms with E-state index >= 15 is 0 Å². The van der Waals surface area contributed by atoms with Crippen LogP contribution < -0.4 is 5.32 Å². The number of thioether (sulfide) groups is 1. The Bertz CT molecular complexity index is 901. The van der Waals surface area contributed by atoms with Crippen molar-refractivity contribution in [2.45, 2.75) is 38.4 Å². The monoisotopic (exact) mass is 414 g/mol. The number of thiophene rings is 1. The minimum atomic E-state index is 0.000169. The molecule has 1 aromatic carbocycles. The van der Waals surface area contributed by atoms with Gasteiger partial charge < -0.3 is 9.88 Å². The van der Waals surface area contributed by atoms with Gasteiger partial charge in [0.25, 0.3) is 0 Å². The second kappa shape index (κ2) is 9.39. The zero-order chi connectivity index (χ0) is 20.1. The summed E-state index contributed by atoms with van der Waals surface area (Å²) in [7, 11) is 1.93. The van der Waals surface area contributed by atoms with E-state index in [1.165, 1.54) is 17.3 Å². The highest BCUT2D eigenvalue weighted by atomic mass is 32.2. The van der Waals surface area contributed by atoms with Crippen molar-refractivity contribution in [1.82, 2.24) is 20.1 Å². The van der Waals surface area contributed by atoms with Crippen molar-refractivity contribution in [2.24, 2.45) is 13.0 Å². The molecule has 2 heterocycles. The molecule has 2 aromatic heterocycles. The van der Waals surface area contributed by atoms with E-state index in [1.54, 1.807) is 11.3 Å². The van der Waals surface area contributed by atoms with Gasteiger partial charge in [0.05, 0.1) is 16.7 Å². The summed E-state index contributed by atoms with van der Waals surface area (Å²) in [6.45, 7) is 6.40. The van der Waals surface area contributed by atoms with E-state index in [1.807, 2.05) is 29.1 Å². The topological polar surface area (TPSA) is 59.8 Å². The average molecular weight is 415 g/mol. The second-order valence-corrected chi connectivity index (χ2v) is 8.91. The fourth-order valence-corrected chi connectivity index (χ4v) is 4.47. The third kappa shape index (κ3) is 4.83. The van der Waals surface area contributed by atoms with E-state index in [9.17, 15) is 4.79 Å². The van der Waals surface area contributed by atoms with Crippen LogP contribution in [0.15, 0.2) is 46.9 Å². The number of rotatable bonds is 8. The van der Waals surface area contributed by atoms with Gasteiger partial charge in [0, 0.05) is 7.05 Å². The van der Waals surface area contributed by atoms with Crippen molar-refractivity contribution < 1.29 is 4.79 Å². The first-order chi connectivity index (χ1) is 13.5. The number of carbonyl (C=O) groups excluding carboxylic acids is 1. The number of hydrogen-bond donors (Lipinski definition) is 1. The van der Waals surface area contributed by atoms with E-state index in [0.29, 0.717) is 11.7 Å². The average Bonchev–Trinajstić information content (AvgIpc) is 3.34. The number of hydrogen-bond acceptors (Lipinski definition) is 5. The molecule has 1 N–H and O–H groups in total. The summed E-state index contributed by atoms with van der Waals surface area (Å²) in [4.78, 5) is 13.7. The van der Waals surface area contributed by atoms with E-state index in [4.69, 9.17) is 0 Å². The number of carbonyl (C=O) groups is 1. The molecule has 3 rings (SSSR count). The van der Waals surface area contributed by atoms with Crippen molar-refractivity contribution >= 4 is 29.0 Å². The maximum absolute atomic E-state index is 12.6. The first-order valence-corrected chi connectivity index (χ1v) is 11.3. The van der Waals surface area contributed by atoms with Gasteiger partial charge in [0.2, 0.25) is 5.91 Å². The molecule has 0 saturated carbocycles. The molecule has 1 amide bonds. The number of amides is 1. The Kier molecular flexibility index (Phi) is 6.91. The van der Waals surface area contributed by atoms with Gasteiger partial charge in [0.15, 0.2) is 11.0 Å². The van der Waals surface area contributed by atoms with Crippen LogP contribution in [0.2, 0.25) is 0 Å². The van der Waals surface area contributed by atoms with Gasteiger partial charge in [-0.3, -0.25) is 4.79 Å². The molecule has 1 atom stereocenters. The molecule has 0 spiro atoms. The van der Waals surface area contributed by atoms with Gasteiger partial charge in [-0.1, -0.05) is 62.9 Å². The highest BCUT2D eigenvalue weighted by Crippen LogP contribution is 2.26. The molecule has 148 valence electrons. The van der Waals surface area contributed by atoms with E-state index in [-0.39, 0.29) is 11.9 Å². The molecule has 7 heteroatoms. The van der Waals surface area contributed by atoms with Crippen molar-refractivity contribution in [3.05, 3.63) is 52.9 Å². The van der Waals surface area contributed by atoms with Crippen molar-refractivity contribution in [1.29, 1.82) is 0 Å². The number of aromatic nitrogens is 3. The molecule has 0 aliphatic heterocycles. The predicted octanol–water partition coefficient (Wildman–Crippen LogP) is 4.71. The maximum Gasteiger partial charge on any atom is 0.230 e. The summed E-state index contributed by atoms with van der Waals surface area (Å²) >= 11 is 3.04. The smallest absolute Gasteiger partial charge is 0.230 e. The zero-order valence-corrected chi connectivity index (χ0v) is 18.3. The summed E-state index contributed by atoms with van der Waals surface area (Å²) in [6, 6.07) is 12.5. The quantitative estimate of drug-likeness (QED) is 0.542. The maximum atomic E-state index is 12.6. The molecule has 0 radical (unpaired) electrons. The highest BCUT2D eigenvalue weighted by molar-refractivity contribution is 7.99. The minimum absolute atomic E-state index is 0.000169. The lowest BCUT2D eigenvalue weighted by Crippen LogP contribution is -2.33. The second-order valence-electron chi connectivity index (χ2n) is 7.02. The van der Waals surface area contributed by atoms with Crippen LogP contribution in [0.5, 0.6) is 0 Å². The van der Waals surface area contributed by atoms with Crippen molar-refractivity contribution in [3.8, 4) is 10.7 Å². The van der Waals surface area contributed by atoms with Gasteiger partial charge in [0.1, 0.15) is 0 Å². The van der Waals surface area contributed by atoms with Gasteiger partial charge in [-0.15, -0.1) is 21.5 Å². The van der Waals surface area contributed by atoms with Crippen LogP contribution in [0.3, 0.4) is 0 Å².